The maximum Gasteiger partial charge on any atom is 0.306 e. The molecule has 0 aromatic heterocycles. The fourth-order valence-electron chi connectivity index (χ4n) is 2.50. The Labute approximate surface area is 116 Å². The lowest BCUT2D eigenvalue weighted by molar-refractivity contribution is -0.140. The highest BCUT2D eigenvalue weighted by Gasteiger charge is 2.31. The van der Waals surface area contributed by atoms with Gasteiger partial charge in [0.25, 0.3) is 0 Å². The highest BCUT2D eigenvalue weighted by Crippen LogP contribution is 2.25. The van der Waals surface area contributed by atoms with Crippen LogP contribution in [0.25, 0.3) is 0 Å². The molecule has 0 heterocycles. The average molecular weight is 291 g/mol. The lowest BCUT2D eigenvalue weighted by atomic mass is 9.95. The zero-order chi connectivity index (χ0) is 14.3. The minimum Gasteiger partial charge on any atom is -0.469 e. The number of esters is 1. The van der Waals surface area contributed by atoms with E-state index in [1.54, 1.807) is 0 Å². The summed E-state index contributed by atoms with van der Waals surface area (Å²) in [5.74, 6) is -0.551. The number of carbonyl (C=O) groups is 1. The molecule has 0 aromatic rings. The zero-order valence-corrected chi connectivity index (χ0v) is 12.7. The van der Waals surface area contributed by atoms with E-state index in [4.69, 9.17) is 0 Å². The topological polar surface area (TPSA) is 72.5 Å². The van der Waals surface area contributed by atoms with E-state index in [9.17, 15) is 13.2 Å². The maximum absolute atomic E-state index is 12.2. The van der Waals surface area contributed by atoms with E-state index in [1.807, 2.05) is 0 Å². The largest absolute Gasteiger partial charge is 0.469 e. The van der Waals surface area contributed by atoms with Crippen molar-refractivity contribution in [1.82, 2.24) is 5.32 Å². The van der Waals surface area contributed by atoms with Gasteiger partial charge in [-0.3, -0.25) is 4.79 Å². The predicted octanol–water partition coefficient (Wildman–Crippen LogP) is 1.28. The van der Waals surface area contributed by atoms with Gasteiger partial charge in [-0.2, -0.15) is 0 Å². The Morgan fingerprint density at radius 2 is 2.11 bits per heavy atom. The molecule has 112 valence electrons. The van der Waals surface area contributed by atoms with Crippen LogP contribution in [0, 0.1) is 0 Å². The SMILES string of the molecule is CCCNC1CCCC(S(=O)(=O)CCC(=O)OC)C1. The van der Waals surface area contributed by atoms with Crippen LogP contribution >= 0.6 is 0 Å². The van der Waals surface area contributed by atoms with Crippen molar-refractivity contribution < 1.29 is 17.9 Å². The summed E-state index contributed by atoms with van der Waals surface area (Å²) in [6.07, 6.45) is 4.38. The predicted molar refractivity (Wildman–Crippen MR) is 74.8 cm³/mol. The molecule has 0 aromatic carbocycles. The number of carbonyl (C=O) groups excluding carboxylic acids is 1. The smallest absolute Gasteiger partial charge is 0.306 e. The average Bonchev–Trinajstić information content (AvgIpc) is 2.43. The van der Waals surface area contributed by atoms with Gasteiger partial charge in [-0.1, -0.05) is 13.3 Å². The fraction of sp³-hybridized carbons (Fsp3) is 0.923. The minimum absolute atomic E-state index is 0.0393. The van der Waals surface area contributed by atoms with Crippen LogP contribution in [0.1, 0.15) is 45.4 Å². The summed E-state index contributed by atoms with van der Waals surface area (Å²) in [5, 5.41) is 3.09. The standard InChI is InChI=1S/C13H25NO4S/c1-3-8-14-11-5-4-6-12(10-11)19(16,17)9-7-13(15)18-2/h11-12,14H,3-10H2,1-2H3. The number of nitrogens with one attached hydrogen (secondary N) is 1. The van der Waals surface area contributed by atoms with E-state index in [-0.39, 0.29) is 17.4 Å². The normalized spacial score (nSPS) is 24.1. The van der Waals surface area contributed by atoms with Gasteiger partial charge in [0.2, 0.25) is 0 Å². The molecular weight excluding hydrogens is 266 g/mol. The van der Waals surface area contributed by atoms with E-state index >= 15 is 0 Å². The summed E-state index contributed by atoms with van der Waals surface area (Å²) in [7, 11) is -1.91. The molecule has 0 radical (unpaired) electrons. The Morgan fingerprint density at radius 1 is 1.37 bits per heavy atom. The van der Waals surface area contributed by atoms with Crippen molar-refractivity contribution in [1.29, 1.82) is 0 Å². The number of methoxy groups -OCH3 is 1. The quantitative estimate of drug-likeness (QED) is 0.715. The summed E-state index contributed by atoms with van der Waals surface area (Å²) in [5.41, 5.74) is 0. The van der Waals surface area contributed by atoms with Gasteiger partial charge in [-0.15, -0.1) is 0 Å². The lowest BCUT2D eigenvalue weighted by Crippen LogP contribution is -2.40. The van der Waals surface area contributed by atoms with Gasteiger partial charge in [0.15, 0.2) is 9.84 Å². The number of sulfone groups is 1. The van der Waals surface area contributed by atoms with Crippen LogP contribution in [0.4, 0.5) is 0 Å². The maximum atomic E-state index is 12.2. The molecule has 1 N–H and O–H groups in total. The van der Waals surface area contributed by atoms with E-state index < -0.39 is 15.8 Å². The Kier molecular flexibility index (Phi) is 6.79. The second-order valence-electron chi connectivity index (χ2n) is 5.13. The first kappa shape index (κ1) is 16.4. The third-order valence-corrected chi connectivity index (χ3v) is 5.85. The molecule has 1 fully saturated rings. The van der Waals surface area contributed by atoms with E-state index in [0.717, 1.165) is 25.8 Å². The minimum atomic E-state index is -3.19. The molecular formula is C13H25NO4S. The van der Waals surface area contributed by atoms with Gasteiger partial charge < -0.3 is 10.1 Å². The molecule has 6 heteroatoms. The summed E-state index contributed by atoms with van der Waals surface area (Å²) in [6, 6.07) is 0.298. The number of rotatable bonds is 7. The van der Waals surface area contributed by atoms with E-state index in [0.29, 0.717) is 18.9 Å². The van der Waals surface area contributed by atoms with Gasteiger partial charge in [0, 0.05) is 6.04 Å². The van der Waals surface area contributed by atoms with Crippen molar-refractivity contribution >= 4 is 15.8 Å². The van der Waals surface area contributed by atoms with Crippen LogP contribution in [0.15, 0.2) is 0 Å². The molecule has 2 unspecified atom stereocenters. The summed E-state index contributed by atoms with van der Waals surface area (Å²) in [6.45, 7) is 3.03. The van der Waals surface area contributed by atoms with Gasteiger partial charge in [0.05, 0.1) is 24.5 Å². The monoisotopic (exact) mass is 291 g/mol. The molecule has 1 aliphatic carbocycles. The molecule has 0 saturated heterocycles. The van der Waals surface area contributed by atoms with Gasteiger partial charge >= 0.3 is 5.97 Å². The lowest BCUT2D eigenvalue weighted by Gasteiger charge is -2.29. The molecule has 0 amide bonds. The molecule has 19 heavy (non-hydrogen) atoms. The first-order valence-corrected chi connectivity index (χ1v) is 8.73. The van der Waals surface area contributed by atoms with Crippen LogP contribution in [0.3, 0.4) is 0 Å². The van der Waals surface area contributed by atoms with Crippen LogP contribution in [-0.2, 0) is 19.4 Å². The number of ether oxygens (including phenoxy) is 1. The van der Waals surface area contributed by atoms with Crippen LogP contribution in [0.2, 0.25) is 0 Å². The highest BCUT2D eigenvalue weighted by molar-refractivity contribution is 7.92. The second kappa shape index (κ2) is 7.85. The van der Waals surface area contributed by atoms with Crippen LogP contribution in [0.5, 0.6) is 0 Å². The fourth-order valence-corrected chi connectivity index (χ4v) is 4.34. The van der Waals surface area contributed by atoms with Crippen molar-refractivity contribution in [2.24, 2.45) is 0 Å². The van der Waals surface area contributed by atoms with Gasteiger partial charge in [-0.05, 0) is 32.2 Å². The molecule has 0 aliphatic heterocycles. The Morgan fingerprint density at radius 3 is 2.74 bits per heavy atom. The van der Waals surface area contributed by atoms with Crippen molar-refractivity contribution in [3.05, 3.63) is 0 Å². The summed E-state index contributed by atoms with van der Waals surface area (Å²) < 4.78 is 28.9. The Balaban J connectivity index is 2.50. The van der Waals surface area contributed by atoms with Crippen molar-refractivity contribution in [3.8, 4) is 0 Å². The molecule has 5 nitrogen and oxygen atoms in total. The third-order valence-electron chi connectivity index (χ3n) is 3.64. The summed E-state index contributed by atoms with van der Waals surface area (Å²) in [4.78, 5) is 11.0. The van der Waals surface area contributed by atoms with Crippen LogP contribution in [-0.4, -0.2) is 45.1 Å². The first-order chi connectivity index (χ1) is 8.99. The van der Waals surface area contributed by atoms with Crippen LogP contribution < -0.4 is 5.32 Å². The third kappa shape index (κ3) is 5.48. The molecule has 0 bridgehead atoms. The van der Waals surface area contributed by atoms with Gasteiger partial charge in [-0.25, -0.2) is 8.42 Å². The number of hydrogen-bond donors (Lipinski definition) is 1. The van der Waals surface area contributed by atoms with Crippen molar-refractivity contribution in [3.63, 3.8) is 0 Å². The first-order valence-electron chi connectivity index (χ1n) is 7.01. The number of hydrogen-bond acceptors (Lipinski definition) is 5. The van der Waals surface area contributed by atoms with E-state index in [1.165, 1.54) is 7.11 Å². The second-order valence-corrected chi connectivity index (χ2v) is 7.53. The Hall–Kier alpha value is -0.620. The molecule has 2 atom stereocenters. The molecule has 1 saturated carbocycles. The van der Waals surface area contributed by atoms with Crippen molar-refractivity contribution in [2.75, 3.05) is 19.4 Å². The Bertz CT molecular complexity index is 380. The zero-order valence-electron chi connectivity index (χ0n) is 11.9. The van der Waals surface area contributed by atoms with Crippen molar-refractivity contribution in [2.45, 2.75) is 56.7 Å². The van der Waals surface area contributed by atoms with Gasteiger partial charge in [0.1, 0.15) is 0 Å². The molecule has 1 rings (SSSR count). The van der Waals surface area contributed by atoms with E-state index in [2.05, 4.69) is 17.0 Å². The molecule has 0 spiro atoms. The summed E-state index contributed by atoms with van der Waals surface area (Å²) >= 11 is 0. The highest BCUT2D eigenvalue weighted by atomic mass is 32.2. The molecule has 1 aliphatic rings.